The highest BCUT2D eigenvalue weighted by Crippen LogP contribution is 2.28. The summed E-state index contributed by atoms with van der Waals surface area (Å²) in [5.74, 6) is -0.785. The Morgan fingerprint density at radius 2 is 2.17 bits per heavy atom. The van der Waals surface area contributed by atoms with Gasteiger partial charge in [0.05, 0.1) is 9.92 Å². The smallest absolute Gasteiger partial charge is 0.243 e. The van der Waals surface area contributed by atoms with Gasteiger partial charge in [0.1, 0.15) is 5.82 Å². The summed E-state index contributed by atoms with van der Waals surface area (Å²) in [5.41, 5.74) is 0. The number of nitrogens with one attached hydrogen (secondary N) is 1. The molecule has 0 bridgehead atoms. The maximum absolute atomic E-state index is 13.3. The highest BCUT2D eigenvalue weighted by Gasteiger charge is 2.33. The Labute approximate surface area is 140 Å². The molecule has 2 rings (SSSR count). The summed E-state index contributed by atoms with van der Waals surface area (Å²) in [5, 5.41) is 2.48. The Bertz CT molecular complexity index is 681. The summed E-state index contributed by atoms with van der Waals surface area (Å²) in [6, 6.07) is 3.26. The first kappa shape index (κ1) is 18.2. The van der Waals surface area contributed by atoms with Gasteiger partial charge >= 0.3 is 0 Å². The molecule has 1 aromatic rings. The maximum atomic E-state index is 13.3. The molecule has 128 valence electrons. The Morgan fingerprint density at radius 1 is 1.43 bits per heavy atom. The van der Waals surface area contributed by atoms with Crippen LogP contribution in [0.2, 0.25) is 5.02 Å². The number of carbonyl (C=O) groups excluding carboxylic acids is 1. The second-order valence-corrected chi connectivity index (χ2v) is 7.91. The summed E-state index contributed by atoms with van der Waals surface area (Å²) in [4.78, 5) is 11.0. The lowest BCUT2D eigenvalue weighted by Crippen LogP contribution is -2.45. The van der Waals surface area contributed by atoms with E-state index >= 15 is 0 Å². The van der Waals surface area contributed by atoms with Crippen molar-refractivity contribution in [2.45, 2.75) is 43.5 Å². The lowest BCUT2D eigenvalue weighted by atomic mass is 10.0. The average Bonchev–Trinajstić information content (AvgIpc) is 2.50. The molecule has 8 heteroatoms. The van der Waals surface area contributed by atoms with Crippen LogP contribution >= 0.6 is 11.6 Å². The van der Waals surface area contributed by atoms with Crippen molar-refractivity contribution in [1.29, 1.82) is 0 Å². The van der Waals surface area contributed by atoms with Gasteiger partial charge in [-0.15, -0.1) is 0 Å². The van der Waals surface area contributed by atoms with Gasteiger partial charge in [-0.2, -0.15) is 4.31 Å². The summed E-state index contributed by atoms with van der Waals surface area (Å²) in [7, 11) is -3.73. The van der Waals surface area contributed by atoms with E-state index < -0.39 is 15.8 Å². The Hall–Kier alpha value is -1.18. The quantitative estimate of drug-likeness (QED) is 0.875. The second kappa shape index (κ2) is 7.59. The molecule has 1 aliphatic rings. The monoisotopic (exact) mass is 362 g/mol. The minimum Gasteiger partial charge on any atom is -0.356 e. The van der Waals surface area contributed by atoms with E-state index in [4.69, 9.17) is 11.6 Å². The number of carbonyl (C=O) groups is 1. The maximum Gasteiger partial charge on any atom is 0.243 e. The Balaban J connectivity index is 2.20. The molecule has 1 unspecified atom stereocenters. The molecule has 1 saturated heterocycles. The van der Waals surface area contributed by atoms with Gasteiger partial charge in [0.25, 0.3) is 0 Å². The van der Waals surface area contributed by atoms with E-state index in [2.05, 4.69) is 5.32 Å². The minimum absolute atomic E-state index is 0.00433. The van der Waals surface area contributed by atoms with Gasteiger partial charge < -0.3 is 5.32 Å². The first-order valence-electron chi connectivity index (χ1n) is 7.53. The van der Waals surface area contributed by atoms with Crippen LogP contribution in [0, 0.1) is 5.82 Å². The molecule has 1 fully saturated rings. The zero-order valence-electron chi connectivity index (χ0n) is 12.9. The van der Waals surface area contributed by atoms with Crippen molar-refractivity contribution < 1.29 is 17.6 Å². The molecule has 0 radical (unpaired) electrons. The van der Waals surface area contributed by atoms with E-state index in [0.717, 1.165) is 31.4 Å². The van der Waals surface area contributed by atoms with Gasteiger partial charge in [-0.1, -0.05) is 18.0 Å². The first-order chi connectivity index (χ1) is 10.8. The first-order valence-corrected chi connectivity index (χ1v) is 9.35. The molecular formula is C15H20ClFN2O3S. The van der Waals surface area contributed by atoms with E-state index in [1.807, 2.05) is 0 Å². The Morgan fingerprint density at radius 3 is 2.83 bits per heavy atom. The zero-order valence-corrected chi connectivity index (χ0v) is 14.5. The molecule has 0 aliphatic carbocycles. The van der Waals surface area contributed by atoms with Gasteiger partial charge in [-0.25, -0.2) is 12.8 Å². The molecular weight excluding hydrogens is 343 g/mol. The van der Waals surface area contributed by atoms with E-state index in [1.54, 1.807) is 0 Å². The van der Waals surface area contributed by atoms with Crippen LogP contribution in [-0.4, -0.2) is 37.8 Å². The van der Waals surface area contributed by atoms with Gasteiger partial charge in [0.2, 0.25) is 15.9 Å². The molecule has 1 aliphatic heterocycles. The third kappa shape index (κ3) is 4.43. The number of sulfonamides is 1. The van der Waals surface area contributed by atoms with Crippen LogP contribution in [0.15, 0.2) is 23.1 Å². The third-order valence-corrected chi connectivity index (χ3v) is 6.16. The number of halogens is 2. The fraction of sp³-hybridized carbons (Fsp3) is 0.533. The number of hydrogen-bond acceptors (Lipinski definition) is 3. The van der Waals surface area contributed by atoms with Gasteiger partial charge in [0.15, 0.2) is 0 Å². The topological polar surface area (TPSA) is 66.5 Å². The number of piperidine rings is 1. The molecule has 0 saturated carbocycles. The number of amides is 1. The van der Waals surface area contributed by atoms with Crippen molar-refractivity contribution in [2.75, 3.05) is 13.1 Å². The summed E-state index contributed by atoms with van der Waals surface area (Å²) in [6.45, 7) is 2.27. The molecule has 23 heavy (non-hydrogen) atoms. The molecule has 5 nitrogen and oxygen atoms in total. The molecule has 1 amide bonds. The SMILES string of the molecule is CC(=O)NCCC1CCCCN1S(=O)(=O)c1ccc(F)c(Cl)c1. The van der Waals surface area contributed by atoms with Crippen LogP contribution in [0.4, 0.5) is 4.39 Å². The Kier molecular flexibility index (Phi) is 6.00. The molecule has 0 aromatic heterocycles. The van der Waals surface area contributed by atoms with Gasteiger partial charge in [-0.3, -0.25) is 4.79 Å². The van der Waals surface area contributed by atoms with Crippen molar-refractivity contribution in [3.63, 3.8) is 0 Å². The van der Waals surface area contributed by atoms with Crippen LogP contribution in [0.5, 0.6) is 0 Å². The number of nitrogens with zero attached hydrogens (tertiary/aromatic N) is 1. The van der Waals surface area contributed by atoms with Crippen LogP contribution in [0.1, 0.15) is 32.6 Å². The van der Waals surface area contributed by atoms with E-state index in [1.165, 1.54) is 17.3 Å². The normalized spacial score (nSPS) is 19.5. The highest BCUT2D eigenvalue weighted by molar-refractivity contribution is 7.89. The largest absolute Gasteiger partial charge is 0.356 e. The van der Waals surface area contributed by atoms with E-state index in [9.17, 15) is 17.6 Å². The lowest BCUT2D eigenvalue weighted by Gasteiger charge is -2.34. The van der Waals surface area contributed by atoms with Gasteiger partial charge in [0, 0.05) is 26.1 Å². The number of rotatable bonds is 5. The van der Waals surface area contributed by atoms with Gasteiger partial charge in [-0.05, 0) is 37.5 Å². The molecule has 1 aromatic carbocycles. The second-order valence-electron chi connectivity index (χ2n) is 5.61. The molecule has 0 spiro atoms. The van der Waals surface area contributed by atoms with Crippen LogP contribution in [0.3, 0.4) is 0 Å². The molecule has 1 N–H and O–H groups in total. The fourth-order valence-corrected chi connectivity index (χ4v) is 4.76. The molecule has 1 atom stereocenters. The highest BCUT2D eigenvalue weighted by atomic mass is 35.5. The minimum atomic E-state index is -3.73. The van der Waals surface area contributed by atoms with Crippen molar-refractivity contribution in [3.8, 4) is 0 Å². The van der Waals surface area contributed by atoms with Crippen molar-refractivity contribution in [1.82, 2.24) is 9.62 Å². The molecule has 1 heterocycles. The zero-order chi connectivity index (χ0) is 17.0. The van der Waals surface area contributed by atoms with E-state index in [-0.39, 0.29) is 21.9 Å². The van der Waals surface area contributed by atoms with Crippen molar-refractivity contribution in [2.24, 2.45) is 0 Å². The van der Waals surface area contributed by atoms with Crippen molar-refractivity contribution in [3.05, 3.63) is 29.0 Å². The predicted molar refractivity (Wildman–Crippen MR) is 86.2 cm³/mol. The van der Waals surface area contributed by atoms with Crippen molar-refractivity contribution >= 4 is 27.5 Å². The fourth-order valence-electron chi connectivity index (χ4n) is 2.77. The third-order valence-electron chi connectivity index (χ3n) is 3.92. The van der Waals surface area contributed by atoms with Crippen LogP contribution in [-0.2, 0) is 14.8 Å². The van der Waals surface area contributed by atoms with Crippen LogP contribution in [0.25, 0.3) is 0 Å². The number of benzene rings is 1. The average molecular weight is 363 g/mol. The van der Waals surface area contributed by atoms with E-state index in [0.29, 0.717) is 19.5 Å². The number of hydrogen-bond donors (Lipinski definition) is 1. The van der Waals surface area contributed by atoms with Crippen LogP contribution < -0.4 is 5.32 Å². The summed E-state index contributed by atoms with van der Waals surface area (Å²) in [6.07, 6.45) is 3.02. The summed E-state index contributed by atoms with van der Waals surface area (Å²) >= 11 is 5.71. The standard InChI is InChI=1S/C15H20ClFN2O3S/c1-11(20)18-8-7-12-4-2-3-9-19(12)23(21,22)13-5-6-15(17)14(16)10-13/h5-6,10,12H,2-4,7-9H2,1H3,(H,18,20). The predicted octanol–water partition coefficient (Wildman–Crippen LogP) is 2.55. The lowest BCUT2D eigenvalue weighted by molar-refractivity contribution is -0.119. The summed E-state index contributed by atoms with van der Waals surface area (Å²) < 4.78 is 40.3.